The fourth-order valence-corrected chi connectivity index (χ4v) is 4.64. The van der Waals surface area contributed by atoms with Gasteiger partial charge in [-0.05, 0) is 50.2 Å². The van der Waals surface area contributed by atoms with Gasteiger partial charge in [-0.2, -0.15) is 0 Å². The number of pyridine rings is 1. The summed E-state index contributed by atoms with van der Waals surface area (Å²) in [5.74, 6) is 0.0985. The Morgan fingerprint density at radius 2 is 2.12 bits per heavy atom. The van der Waals surface area contributed by atoms with Gasteiger partial charge in [0, 0.05) is 38.1 Å². The number of amides is 2. The third-order valence-corrected chi connectivity index (χ3v) is 6.00. The maximum absolute atomic E-state index is 12.9. The van der Waals surface area contributed by atoms with Gasteiger partial charge in [-0.15, -0.1) is 0 Å². The number of piperidine rings is 1. The number of carbonyl (C=O) groups is 2. The standard InChI is InChI=1S/C19H25N3O3/c23-10-9-21-7-2-5-19(18(21)25)6-8-22(13-19)17(24)15-11-14-3-1-4-16(14)20-12-15/h11-12,23H,1-10,13H2. The van der Waals surface area contributed by atoms with E-state index in [-0.39, 0.29) is 18.4 Å². The first kappa shape index (κ1) is 16.5. The lowest BCUT2D eigenvalue weighted by atomic mass is 9.78. The number of fused-ring (bicyclic) bond motifs is 1. The van der Waals surface area contributed by atoms with Gasteiger partial charge in [0.05, 0.1) is 17.6 Å². The average molecular weight is 343 g/mol. The van der Waals surface area contributed by atoms with Crippen LogP contribution in [-0.2, 0) is 17.6 Å². The second-order valence-corrected chi connectivity index (χ2v) is 7.56. The number of hydrogen-bond acceptors (Lipinski definition) is 4. The van der Waals surface area contributed by atoms with Gasteiger partial charge in [0.1, 0.15) is 0 Å². The summed E-state index contributed by atoms with van der Waals surface area (Å²) in [5, 5.41) is 9.17. The van der Waals surface area contributed by atoms with Crippen LogP contribution in [0.25, 0.3) is 0 Å². The van der Waals surface area contributed by atoms with Crippen molar-refractivity contribution in [1.29, 1.82) is 0 Å². The van der Waals surface area contributed by atoms with Crippen LogP contribution in [0, 0.1) is 5.41 Å². The van der Waals surface area contributed by atoms with Gasteiger partial charge < -0.3 is 14.9 Å². The number of aryl methyl sites for hydroxylation is 2. The Morgan fingerprint density at radius 3 is 2.96 bits per heavy atom. The molecule has 1 aromatic heterocycles. The zero-order valence-electron chi connectivity index (χ0n) is 14.5. The number of β-amino-alcohol motifs (C(OH)–C–C–N with tert-alkyl or cyclic N) is 1. The molecular weight excluding hydrogens is 318 g/mol. The maximum Gasteiger partial charge on any atom is 0.255 e. The van der Waals surface area contributed by atoms with Gasteiger partial charge in [0.15, 0.2) is 0 Å². The molecule has 134 valence electrons. The molecule has 1 unspecified atom stereocenters. The zero-order chi connectivity index (χ0) is 17.4. The SMILES string of the molecule is O=C(c1cnc2c(c1)CCC2)N1CCC2(CCCN(CCO)C2=O)C1. The Labute approximate surface area is 147 Å². The molecule has 25 heavy (non-hydrogen) atoms. The molecule has 1 atom stereocenters. The molecule has 4 rings (SSSR count). The molecule has 2 fully saturated rings. The molecule has 1 aliphatic carbocycles. The quantitative estimate of drug-likeness (QED) is 0.889. The summed E-state index contributed by atoms with van der Waals surface area (Å²) in [6.07, 6.45) is 7.31. The molecule has 1 spiro atoms. The van der Waals surface area contributed by atoms with Crippen molar-refractivity contribution in [3.8, 4) is 0 Å². The van der Waals surface area contributed by atoms with E-state index in [2.05, 4.69) is 4.98 Å². The first-order chi connectivity index (χ1) is 12.1. The number of nitrogens with zero attached hydrogens (tertiary/aromatic N) is 3. The van der Waals surface area contributed by atoms with Crippen LogP contribution in [0.15, 0.2) is 12.3 Å². The molecule has 0 bridgehead atoms. The molecule has 2 amide bonds. The normalized spacial score (nSPS) is 25.7. The number of carbonyl (C=O) groups excluding carboxylic acids is 2. The highest BCUT2D eigenvalue weighted by atomic mass is 16.3. The van der Waals surface area contributed by atoms with E-state index in [4.69, 9.17) is 5.11 Å². The first-order valence-electron chi connectivity index (χ1n) is 9.30. The number of rotatable bonds is 3. The van der Waals surface area contributed by atoms with Crippen LogP contribution in [0.2, 0.25) is 0 Å². The summed E-state index contributed by atoms with van der Waals surface area (Å²) < 4.78 is 0. The lowest BCUT2D eigenvalue weighted by molar-refractivity contribution is -0.146. The van der Waals surface area contributed by atoms with Gasteiger partial charge >= 0.3 is 0 Å². The first-order valence-corrected chi connectivity index (χ1v) is 9.30. The van der Waals surface area contributed by atoms with E-state index in [1.54, 1.807) is 11.1 Å². The molecule has 0 aromatic carbocycles. The predicted molar refractivity (Wildman–Crippen MR) is 92.1 cm³/mol. The molecule has 2 aliphatic heterocycles. The van der Waals surface area contributed by atoms with Crippen molar-refractivity contribution < 1.29 is 14.7 Å². The van der Waals surface area contributed by atoms with Crippen LogP contribution in [0.3, 0.4) is 0 Å². The minimum atomic E-state index is -0.451. The fraction of sp³-hybridized carbons (Fsp3) is 0.632. The van der Waals surface area contributed by atoms with Crippen LogP contribution in [-0.4, -0.2) is 64.5 Å². The van der Waals surface area contributed by atoms with E-state index in [0.29, 0.717) is 31.7 Å². The average Bonchev–Trinajstić information content (AvgIpc) is 3.26. The molecule has 6 heteroatoms. The van der Waals surface area contributed by atoms with Gasteiger partial charge in [-0.3, -0.25) is 14.6 Å². The number of likely N-dealkylation sites (tertiary alicyclic amines) is 2. The number of aromatic nitrogens is 1. The van der Waals surface area contributed by atoms with Crippen molar-refractivity contribution in [2.75, 3.05) is 32.8 Å². The molecule has 6 nitrogen and oxygen atoms in total. The molecular formula is C19H25N3O3. The minimum absolute atomic E-state index is 0.00819. The van der Waals surface area contributed by atoms with Crippen molar-refractivity contribution in [2.24, 2.45) is 5.41 Å². The largest absolute Gasteiger partial charge is 0.395 e. The smallest absolute Gasteiger partial charge is 0.255 e. The molecule has 1 aromatic rings. The topological polar surface area (TPSA) is 73.7 Å². The Balaban J connectivity index is 1.50. The highest BCUT2D eigenvalue weighted by molar-refractivity contribution is 5.95. The van der Waals surface area contributed by atoms with E-state index in [1.807, 2.05) is 11.0 Å². The molecule has 2 saturated heterocycles. The second kappa shape index (κ2) is 6.41. The zero-order valence-corrected chi connectivity index (χ0v) is 14.5. The van der Waals surface area contributed by atoms with Crippen LogP contribution in [0.4, 0.5) is 0 Å². The van der Waals surface area contributed by atoms with Gasteiger partial charge in [-0.1, -0.05) is 0 Å². The summed E-state index contributed by atoms with van der Waals surface area (Å²) in [6, 6.07) is 1.99. The van der Waals surface area contributed by atoms with E-state index in [0.717, 1.165) is 44.2 Å². The molecule has 0 radical (unpaired) electrons. The molecule has 1 N–H and O–H groups in total. The highest BCUT2D eigenvalue weighted by Gasteiger charge is 2.49. The molecule has 0 saturated carbocycles. The Hall–Kier alpha value is -1.95. The maximum atomic E-state index is 12.9. The highest BCUT2D eigenvalue weighted by Crippen LogP contribution is 2.40. The summed E-state index contributed by atoms with van der Waals surface area (Å²) in [7, 11) is 0. The molecule has 3 aliphatic rings. The monoisotopic (exact) mass is 343 g/mol. The van der Waals surface area contributed by atoms with Crippen LogP contribution in [0.1, 0.15) is 47.3 Å². The lowest BCUT2D eigenvalue weighted by Gasteiger charge is -2.39. The van der Waals surface area contributed by atoms with Crippen LogP contribution >= 0.6 is 0 Å². The van der Waals surface area contributed by atoms with Crippen molar-refractivity contribution in [1.82, 2.24) is 14.8 Å². The number of hydrogen-bond donors (Lipinski definition) is 1. The summed E-state index contributed by atoms with van der Waals surface area (Å²) in [6.45, 7) is 2.21. The van der Waals surface area contributed by atoms with E-state index in [9.17, 15) is 9.59 Å². The Kier molecular flexibility index (Phi) is 4.23. The second-order valence-electron chi connectivity index (χ2n) is 7.56. The fourth-order valence-electron chi connectivity index (χ4n) is 4.64. The van der Waals surface area contributed by atoms with Gasteiger partial charge in [-0.25, -0.2) is 0 Å². The lowest BCUT2D eigenvalue weighted by Crippen LogP contribution is -2.51. The predicted octanol–water partition coefficient (Wildman–Crippen LogP) is 1.02. The number of aliphatic hydroxyl groups excluding tert-OH is 1. The summed E-state index contributed by atoms with van der Waals surface area (Å²) in [5.41, 5.74) is 2.51. The minimum Gasteiger partial charge on any atom is -0.395 e. The molecule has 3 heterocycles. The van der Waals surface area contributed by atoms with E-state index >= 15 is 0 Å². The van der Waals surface area contributed by atoms with Gasteiger partial charge in [0.2, 0.25) is 5.91 Å². The van der Waals surface area contributed by atoms with Crippen molar-refractivity contribution >= 4 is 11.8 Å². The Morgan fingerprint density at radius 1 is 1.24 bits per heavy atom. The van der Waals surface area contributed by atoms with E-state index in [1.165, 1.54) is 5.56 Å². The number of aliphatic hydroxyl groups is 1. The Bertz CT molecular complexity index is 703. The summed E-state index contributed by atoms with van der Waals surface area (Å²) >= 11 is 0. The third kappa shape index (κ3) is 2.82. The third-order valence-electron chi connectivity index (χ3n) is 6.00. The van der Waals surface area contributed by atoms with Gasteiger partial charge in [0.25, 0.3) is 5.91 Å². The van der Waals surface area contributed by atoms with Crippen molar-refractivity contribution in [2.45, 2.75) is 38.5 Å². The van der Waals surface area contributed by atoms with E-state index < -0.39 is 5.41 Å². The van der Waals surface area contributed by atoms with Crippen LogP contribution in [0.5, 0.6) is 0 Å². The summed E-state index contributed by atoms with van der Waals surface area (Å²) in [4.78, 5) is 33.8. The van der Waals surface area contributed by atoms with Crippen molar-refractivity contribution in [3.63, 3.8) is 0 Å². The van der Waals surface area contributed by atoms with Crippen molar-refractivity contribution in [3.05, 3.63) is 29.1 Å². The van der Waals surface area contributed by atoms with Crippen LogP contribution < -0.4 is 0 Å².